The number of nitrogens with one attached hydrogen (secondary N) is 1. The molecule has 0 saturated heterocycles. The zero-order chi connectivity index (χ0) is 16.2. The molecule has 1 aromatic heterocycles. The monoisotopic (exact) mass is 330 g/mol. The van der Waals surface area contributed by atoms with E-state index in [1.54, 1.807) is 4.68 Å². The molecule has 2 heterocycles. The fourth-order valence-electron chi connectivity index (χ4n) is 2.26. The van der Waals surface area contributed by atoms with Crippen molar-refractivity contribution in [3.05, 3.63) is 17.5 Å². The van der Waals surface area contributed by atoms with Gasteiger partial charge in [0.1, 0.15) is 0 Å². The molecule has 124 valence electrons. The van der Waals surface area contributed by atoms with Crippen LogP contribution in [0.3, 0.4) is 0 Å². The quantitative estimate of drug-likeness (QED) is 0.693. The molecule has 0 unspecified atom stereocenters. The van der Waals surface area contributed by atoms with Gasteiger partial charge < -0.3 is 10.1 Å². The topological polar surface area (TPSA) is 93.5 Å². The first kappa shape index (κ1) is 16.9. The van der Waals surface area contributed by atoms with Crippen molar-refractivity contribution in [3.8, 4) is 0 Å². The largest absolute Gasteiger partial charge is 0.381 e. The summed E-state index contributed by atoms with van der Waals surface area (Å²) < 4.78 is 31.5. The van der Waals surface area contributed by atoms with E-state index in [2.05, 4.69) is 10.4 Å². The van der Waals surface area contributed by atoms with Crippen LogP contribution in [-0.4, -0.2) is 54.4 Å². The van der Waals surface area contributed by atoms with Crippen LogP contribution in [0.4, 0.5) is 0 Å². The van der Waals surface area contributed by atoms with Crippen molar-refractivity contribution in [1.82, 2.24) is 19.4 Å². The molecule has 1 aliphatic rings. The SMILES string of the molecule is CCOCCC(=O)NCc1cc2n(n1)CCN(S(C)(=O)=O)C2. The van der Waals surface area contributed by atoms with E-state index in [9.17, 15) is 13.2 Å². The normalized spacial score (nSPS) is 15.5. The van der Waals surface area contributed by atoms with Crippen molar-refractivity contribution in [2.75, 3.05) is 26.0 Å². The Labute approximate surface area is 130 Å². The van der Waals surface area contributed by atoms with Crippen molar-refractivity contribution < 1.29 is 17.9 Å². The van der Waals surface area contributed by atoms with Gasteiger partial charge in [-0.05, 0) is 13.0 Å². The number of aromatic nitrogens is 2. The van der Waals surface area contributed by atoms with Crippen molar-refractivity contribution in [1.29, 1.82) is 0 Å². The minimum atomic E-state index is -3.19. The number of sulfonamides is 1. The van der Waals surface area contributed by atoms with Crippen LogP contribution in [0.5, 0.6) is 0 Å². The molecule has 0 aliphatic carbocycles. The Hall–Kier alpha value is -1.45. The second-order valence-corrected chi connectivity index (χ2v) is 7.15. The highest BCUT2D eigenvalue weighted by atomic mass is 32.2. The van der Waals surface area contributed by atoms with E-state index in [1.165, 1.54) is 10.6 Å². The van der Waals surface area contributed by atoms with Gasteiger partial charge in [0.25, 0.3) is 0 Å². The van der Waals surface area contributed by atoms with Crippen LogP contribution in [0.15, 0.2) is 6.07 Å². The van der Waals surface area contributed by atoms with Gasteiger partial charge in [-0.2, -0.15) is 9.40 Å². The van der Waals surface area contributed by atoms with Crippen molar-refractivity contribution >= 4 is 15.9 Å². The molecule has 1 amide bonds. The number of carbonyl (C=O) groups is 1. The second kappa shape index (κ2) is 7.21. The van der Waals surface area contributed by atoms with Crippen LogP contribution in [-0.2, 0) is 39.2 Å². The van der Waals surface area contributed by atoms with Crippen molar-refractivity contribution in [3.63, 3.8) is 0 Å². The highest BCUT2D eigenvalue weighted by molar-refractivity contribution is 7.88. The van der Waals surface area contributed by atoms with Crippen LogP contribution in [0, 0.1) is 0 Å². The van der Waals surface area contributed by atoms with Gasteiger partial charge in [-0.3, -0.25) is 9.48 Å². The molecule has 0 fully saturated rings. The van der Waals surface area contributed by atoms with Crippen LogP contribution < -0.4 is 5.32 Å². The van der Waals surface area contributed by atoms with Crippen molar-refractivity contribution in [2.45, 2.75) is 33.0 Å². The number of ether oxygens (including phenoxy) is 1. The van der Waals surface area contributed by atoms with E-state index in [0.29, 0.717) is 45.8 Å². The molecular weight excluding hydrogens is 308 g/mol. The van der Waals surface area contributed by atoms with Crippen LogP contribution in [0.1, 0.15) is 24.7 Å². The lowest BCUT2D eigenvalue weighted by atomic mass is 10.3. The summed E-state index contributed by atoms with van der Waals surface area (Å²) in [5, 5.41) is 7.17. The third-order valence-corrected chi connectivity index (χ3v) is 4.68. The lowest BCUT2D eigenvalue weighted by Crippen LogP contribution is -2.37. The zero-order valence-corrected chi connectivity index (χ0v) is 13.7. The Kier molecular flexibility index (Phi) is 5.54. The van der Waals surface area contributed by atoms with Crippen LogP contribution >= 0.6 is 0 Å². The first-order valence-electron chi connectivity index (χ1n) is 7.25. The van der Waals surface area contributed by atoms with Gasteiger partial charge in [0.05, 0.1) is 43.9 Å². The fraction of sp³-hybridized carbons (Fsp3) is 0.692. The molecule has 0 bridgehead atoms. The zero-order valence-electron chi connectivity index (χ0n) is 12.9. The predicted octanol–water partition coefficient (Wildman–Crippen LogP) is -0.299. The van der Waals surface area contributed by atoms with E-state index in [1.807, 2.05) is 13.0 Å². The number of carbonyl (C=O) groups excluding carboxylic acids is 1. The molecule has 2 rings (SSSR count). The third-order valence-electron chi connectivity index (χ3n) is 3.43. The van der Waals surface area contributed by atoms with E-state index in [4.69, 9.17) is 4.74 Å². The Morgan fingerprint density at radius 3 is 2.91 bits per heavy atom. The molecule has 1 aromatic rings. The molecule has 1 aliphatic heterocycles. The summed E-state index contributed by atoms with van der Waals surface area (Å²) >= 11 is 0. The third kappa shape index (κ3) is 4.52. The average Bonchev–Trinajstić information content (AvgIpc) is 2.86. The Bertz CT molecular complexity index is 626. The molecule has 0 atom stereocenters. The molecule has 0 aromatic carbocycles. The minimum absolute atomic E-state index is 0.0859. The summed E-state index contributed by atoms with van der Waals surface area (Å²) in [4.78, 5) is 11.6. The number of fused-ring (bicyclic) bond motifs is 1. The number of hydrogen-bond donors (Lipinski definition) is 1. The van der Waals surface area contributed by atoms with Crippen LogP contribution in [0.25, 0.3) is 0 Å². The summed E-state index contributed by atoms with van der Waals surface area (Å²) in [6, 6.07) is 1.83. The second-order valence-electron chi connectivity index (χ2n) is 5.17. The maximum Gasteiger partial charge on any atom is 0.222 e. The van der Waals surface area contributed by atoms with E-state index in [-0.39, 0.29) is 5.91 Å². The molecule has 0 spiro atoms. The first-order valence-corrected chi connectivity index (χ1v) is 9.10. The summed E-state index contributed by atoms with van der Waals surface area (Å²) in [7, 11) is -3.19. The van der Waals surface area contributed by atoms with Gasteiger partial charge in [-0.1, -0.05) is 0 Å². The summed E-state index contributed by atoms with van der Waals surface area (Å²) in [6.45, 7) is 4.50. The first-order chi connectivity index (χ1) is 10.4. The molecular formula is C13H22N4O4S. The standard InChI is InChI=1S/C13H22N4O4S/c1-3-21-7-4-13(18)14-9-11-8-12-10-16(22(2,19)20)5-6-17(12)15-11/h8H,3-7,9-10H2,1-2H3,(H,14,18). The predicted molar refractivity (Wildman–Crippen MR) is 80.4 cm³/mol. The van der Waals surface area contributed by atoms with Gasteiger partial charge in [0, 0.05) is 19.6 Å². The molecule has 9 heteroatoms. The lowest BCUT2D eigenvalue weighted by Gasteiger charge is -2.25. The van der Waals surface area contributed by atoms with E-state index in [0.717, 1.165) is 11.4 Å². The highest BCUT2D eigenvalue weighted by Crippen LogP contribution is 2.15. The Balaban J connectivity index is 1.88. The molecule has 8 nitrogen and oxygen atoms in total. The maximum absolute atomic E-state index is 11.6. The van der Waals surface area contributed by atoms with Crippen molar-refractivity contribution in [2.24, 2.45) is 0 Å². The van der Waals surface area contributed by atoms with Gasteiger partial charge in [-0.25, -0.2) is 8.42 Å². The summed E-state index contributed by atoms with van der Waals surface area (Å²) in [5.74, 6) is -0.0859. The average molecular weight is 330 g/mol. The summed E-state index contributed by atoms with van der Waals surface area (Å²) in [6.07, 6.45) is 1.53. The maximum atomic E-state index is 11.6. The number of amides is 1. The minimum Gasteiger partial charge on any atom is -0.381 e. The Morgan fingerprint density at radius 2 is 2.23 bits per heavy atom. The smallest absolute Gasteiger partial charge is 0.222 e. The summed E-state index contributed by atoms with van der Waals surface area (Å²) in [5.41, 5.74) is 1.57. The number of hydrogen-bond acceptors (Lipinski definition) is 5. The van der Waals surface area contributed by atoms with Gasteiger partial charge in [0.2, 0.25) is 15.9 Å². The van der Waals surface area contributed by atoms with Crippen LogP contribution in [0.2, 0.25) is 0 Å². The molecule has 0 saturated carbocycles. The fourth-order valence-corrected chi connectivity index (χ4v) is 3.04. The van der Waals surface area contributed by atoms with Gasteiger partial charge >= 0.3 is 0 Å². The van der Waals surface area contributed by atoms with Gasteiger partial charge in [0.15, 0.2) is 0 Å². The Morgan fingerprint density at radius 1 is 1.45 bits per heavy atom. The molecule has 22 heavy (non-hydrogen) atoms. The number of nitrogens with zero attached hydrogens (tertiary/aromatic N) is 3. The number of rotatable bonds is 7. The molecule has 0 radical (unpaired) electrons. The molecule has 1 N–H and O–H groups in total. The lowest BCUT2D eigenvalue weighted by molar-refractivity contribution is -0.122. The highest BCUT2D eigenvalue weighted by Gasteiger charge is 2.24. The van der Waals surface area contributed by atoms with E-state index < -0.39 is 10.0 Å². The van der Waals surface area contributed by atoms with E-state index >= 15 is 0 Å². The van der Waals surface area contributed by atoms with Gasteiger partial charge in [-0.15, -0.1) is 0 Å².